The molecule has 0 aliphatic rings. The Balaban J connectivity index is 1.99. The normalized spacial score (nSPS) is 11.7. The number of hydrogen-bond acceptors (Lipinski definition) is 2. The van der Waals surface area contributed by atoms with E-state index < -0.39 is 0 Å². The van der Waals surface area contributed by atoms with Crippen LogP contribution in [0.5, 0.6) is 0 Å². The van der Waals surface area contributed by atoms with E-state index in [2.05, 4.69) is 5.32 Å². The van der Waals surface area contributed by atoms with E-state index >= 15 is 0 Å². The first-order chi connectivity index (χ1) is 12.5. The molecule has 2 aromatic rings. The van der Waals surface area contributed by atoms with Crippen molar-refractivity contribution in [2.24, 2.45) is 0 Å². The number of amides is 2. The van der Waals surface area contributed by atoms with Crippen LogP contribution >= 0.6 is 11.6 Å². The van der Waals surface area contributed by atoms with E-state index in [1.165, 1.54) is 0 Å². The van der Waals surface area contributed by atoms with Gasteiger partial charge in [-0.1, -0.05) is 54.1 Å². The summed E-state index contributed by atoms with van der Waals surface area (Å²) in [5, 5.41) is 3.58. The molecular weight excluding hydrogens is 348 g/mol. The highest BCUT2D eigenvalue weighted by Gasteiger charge is 2.18. The third-order valence-electron chi connectivity index (χ3n) is 4.23. The Hall–Kier alpha value is -2.33. The molecule has 0 spiro atoms. The summed E-state index contributed by atoms with van der Waals surface area (Å²) in [4.78, 5) is 25.6. The summed E-state index contributed by atoms with van der Waals surface area (Å²) in [6.07, 6.45) is 1.41. The minimum Gasteiger partial charge on any atom is -0.356 e. The van der Waals surface area contributed by atoms with Crippen molar-refractivity contribution < 1.29 is 9.59 Å². The molecule has 4 nitrogen and oxygen atoms in total. The zero-order valence-electron chi connectivity index (χ0n) is 15.2. The van der Waals surface area contributed by atoms with Crippen LogP contribution in [0, 0.1) is 0 Å². The molecule has 0 saturated carbocycles. The van der Waals surface area contributed by atoms with Crippen molar-refractivity contribution in [2.45, 2.75) is 25.2 Å². The molecule has 2 aromatic carbocycles. The fourth-order valence-electron chi connectivity index (χ4n) is 2.79. The largest absolute Gasteiger partial charge is 0.356 e. The molecule has 0 saturated heterocycles. The molecule has 1 N–H and O–H groups in total. The smallest absolute Gasteiger partial charge is 0.222 e. The SMILES string of the molecule is CN(C)C(=O)CCCNC(=O)CC(c1ccccc1)c1cccc(Cl)c1. The summed E-state index contributed by atoms with van der Waals surface area (Å²) >= 11 is 6.13. The fourth-order valence-corrected chi connectivity index (χ4v) is 2.98. The minimum absolute atomic E-state index is 0.0314. The van der Waals surface area contributed by atoms with Crippen LogP contribution in [0.2, 0.25) is 5.02 Å². The molecule has 0 fully saturated rings. The van der Waals surface area contributed by atoms with Crippen LogP contribution in [-0.2, 0) is 9.59 Å². The Bertz CT molecular complexity index is 732. The lowest BCUT2D eigenvalue weighted by Gasteiger charge is -2.18. The summed E-state index contributed by atoms with van der Waals surface area (Å²) in [6, 6.07) is 17.6. The van der Waals surface area contributed by atoms with E-state index in [1.54, 1.807) is 19.0 Å². The van der Waals surface area contributed by atoms with Gasteiger partial charge >= 0.3 is 0 Å². The Morgan fingerprint density at radius 2 is 1.73 bits per heavy atom. The van der Waals surface area contributed by atoms with Crippen molar-refractivity contribution in [1.29, 1.82) is 0 Å². The van der Waals surface area contributed by atoms with E-state index in [0.717, 1.165) is 11.1 Å². The maximum Gasteiger partial charge on any atom is 0.222 e. The Morgan fingerprint density at radius 1 is 1.04 bits per heavy atom. The molecule has 2 rings (SSSR count). The molecule has 1 unspecified atom stereocenters. The monoisotopic (exact) mass is 372 g/mol. The van der Waals surface area contributed by atoms with Gasteiger partial charge in [-0.3, -0.25) is 9.59 Å². The maximum absolute atomic E-state index is 12.4. The fraction of sp³-hybridized carbons (Fsp3) is 0.333. The van der Waals surface area contributed by atoms with Crippen molar-refractivity contribution in [3.05, 3.63) is 70.7 Å². The molecule has 2 amide bonds. The Morgan fingerprint density at radius 3 is 2.38 bits per heavy atom. The molecule has 0 bridgehead atoms. The topological polar surface area (TPSA) is 49.4 Å². The van der Waals surface area contributed by atoms with Gasteiger partial charge < -0.3 is 10.2 Å². The number of nitrogens with zero attached hydrogens (tertiary/aromatic N) is 1. The van der Waals surface area contributed by atoms with E-state index in [0.29, 0.717) is 30.8 Å². The number of nitrogens with one attached hydrogen (secondary N) is 1. The zero-order chi connectivity index (χ0) is 18.9. The van der Waals surface area contributed by atoms with E-state index in [9.17, 15) is 9.59 Å². The molecule has 138 valence electrons. The second kappa shape index (κ2) is 9.97. The molecule has 26 heavy (non-hydrogen) atoms. The van der Waals surface area contributed by atoms with Gasteiger partial charge in [0.2, 0.25) is 11.8 Å². The van der Waals surface area contributed by atoms with Crippen molar-refractivity contribution in [2.75, 3.05) is 20.6 Å². The van der Waals surface area contributed by atoms with Crippen LogP contribution in [0.1, 0.15) is 36.3 Å². The van der Waals surface area contributed by atoms with Crippen molar-refractivity contribution in [3.8, 4) is 0 Å². The number of halogens is 1. The summed E-state index contributed by atoms with van der Waals surface area (Å²) in [6.45, 7) is 0.496. The first kappa shape index (κ1) is 20.0. The highest BCUT2D eigenvalue weighted by atomic mass is 35.5. The quantitative estimate of drug-likeness (QED) is 0.715. The van der Waals surface area contributed by atoms with Crippen LogP contribution in [-0.4, -0.2) is 37.4 Å². The number of hydrogen-bond donors (Lipinski definition) is 1. The number of carbonyl (C=O) groups is 2. The van der Waals surface area contributed by atoms with Gasteiger partial charge in [0.1, 0.15) is 0 Å². The van der Waals surface area contributed by atoms with Crippen molar-refractivity contribution in [3.63, 3.8) is 0 Å². The first-order valence-electron chi connectivity index (χ1n) is 8.74. The van der Waals surface area contributed by atoms with E-state index in [1.807, 2.05) is 54.6 Å². The molecule has 0 aromatic heterocycles. The van der Waals surface area contributed by atoms with Crippen molar-refractivity contribution in [1.82, 2.24) is 10.2 Å². The highest BCUT2D eigenvalue weighted by Crippen LogP contribution is 2.29. The summed E-state index contributed by atoms with van der Waals surface area (Å²) in [5.74, 6) is -0.0187. The van der Waals surface area contributed by atoms with Gasteiger partial charge in [-0.25, -0.2) is 0 Å². The molecule has 0 radical (unpaired) electrons. The maximum atomic E-state index is 12.4. The van der Waals surface area contributed by atoms with Crippen LogP contribution in [0.3, 0.4) is 0 Å². The Labute approximate surface area is 160 Å². The standard InChI is InChI=1S/C21H25ClN2O2/c1-24(2)21(26)12-7-13-23-20(25)15-19(16-8-4-3-5-9-16)17-10-6-11-18(22)14-17/h3-6,8-11,14,19H,7,12-13,15H2,1-2H3,(H,23,25). The predicted molar refractivity (Wildman–Crippen MR) is 105 cm³/mol. The molecule has 1 atom stereocenters. The average molecular weight is 373 g/mol. The third-order valence-corrected chi connectivity index (χ3v) is 4.47. The van der Waals surface area contributed by atoms with Crippen LogP contribution < -0.4 is 5.32 Å². The van der Waals surface area contributed by atoms with Gasteiger partial charge in [0.05, 0.1) is 0 Å². The van der Waals surface area contributed by atoms with Crippen molar-refractivity contribution >= 4 is 23.4 Å². The highest BCUT2D eigenvalue weighted by molar-refractivity contribution is 6.30. The average Bonchev–Trinajstić information content (AvgIpc) is 2.63. The van der Waals surface area contributed by atoms with Crippen LogP contribution in [0.15, 0.2) is 54.6 Å². The third kappa shape index (κ3) is 6.19. The van der Waals surface area contributed by atoms with Gasteiger partial charge in [-0.05, 0) is 29.7 Å². The lowest BCUT2D eigenvalue weighted by Crippen LogP contribution is -2.28. The summed E-state index contributed by atoms with van der Waals surface area (Å²) < 4.78 is 0. The van der Waals surface area contributed by atoms with E-state index in [4.69, 9.17) is 11.6 Å². The predicted octanol–water partition coefficient (Wildman–Crippen LogP) is 3.85. The number of benzene rings is 2. The second-order valence-corrected chi connectivity index (χ2v) is 6.90. The minimum atomic E-state index is -0.0571. The molecule has 0 heterocycles. The van der Waals surface area contributed by atoms with Gasteiger partial charge in [-0.15, -0.1) is 0 Å². The summed E-state index contributed by atoms with van der Waals surface area (Å²) in [7, 11) is 3.47. The van der Waals surface area contributed by atoms with Gasteiger partial charge in [0.25, 0.3) is 0 Å². The van der Waals surface area contributed by atoms with E-state index in [-0.39, 0.29) is 17.7 Å². The Kier molecular flexibility index (Phi) is 7.67. The second-order valence-electron chi connectivity index (χ2n) is 6.46. The molecule has 0 aliphatic heterocycles. The first-order valence-corrected chi connectivity index (χ1v) is 9.12. The molecule has 0 aliphatic carbocycles. The number of carbonyl (C=O) groups excluding carboxylic acids is 2. The van der Waals surface area contributed by atoms with Gasteiger partial charge in [0.15, 0.2) is 0 Å². The van der Waals surface area contributed by atoms with Gasteiger partial charge in [0, 0.05) is 44.4 Å². The lowest BCUT2D eigenvalue weighted by atomic mass is 9.88. The lowest BCUT2D eigenvalue weighted by molar-refractivity contribution is -0.129. The summed E-state index contributed by atoms with van der Waals surface area (Å²) in [5.41, 5.74) is 2.09. The van der Waals surface area contributed by atoms with Gasteiger partial charge in [-0.2, -0.15) is 0 Å². The molecule has 5 heteroatoms. The van der Waals surface area contributed by atoms with Crippen LogP contribution in [0.25, 0.3) is 0 Å². The molecular formula is C21H25ClN2O2. The number of rotatable bonds is 8. The van der Waals surface area contributed by atoms with Crippen LogP contribution in [0.4, 0.5) is 0 Å². The zero-order valence-corrected chi connectivity index (χ0v) is 16.0.